The number of hydrogen-bond acceptors (Lipinski definition) is 5. The minimum atomic E-state index is -2.10. The molecule has 0 aromatic heterocycles. The van der Waals surface area contributed by atoms with Gasteiger partial charge in [-0.05, 0) is 12.0 Å². The van der Waals surface area contributed by atoms with Crippen molar-refractivity contribution in [1.82, 2.24) is 0 Å². The van der Waals surface area contributed by atoms with Gasteiger partial charge in [0.15, 0.2) is 0 Å². The van der Waals surface area contributed by atoms with E-state index in [-0.39, 0.29) is 34.6 Å². The second-order valence-corrected chi connectivity index (χ2v) is 22.3. The number of hydrogen-bond donors (Lipinski definition) is 0. The van der Waals surface area contributed by atoms with Crippen LogP contribution in [0.2, 0.25) is 49.9 Å². The lowest BCUT2D eigenvalue weighted by atomic mass is 9.70. The molecule has 4 aliphatic carbocycles. The molecule has 0 spiro atoms. The summed E-state index contributed by atoms with van der Waals surface area (Å²) in [4.78, 5) is 26.6. The molecule has 0 aromatic carbocycles. The standard InChI is InChI=1S/C22H32O5Si2/c1-25-18(23)14-15-17(28(3,4)5)21(29(6,7)8,16(14)19(24)26-2)22-13-10-9-12(11-13)20(15,22)27-22/h9-10,12-13,15,17H,11H2,1-8H3/t12-,13-,15-,17+,20+,21-,22+/m0/s1. The number of fused-ring (bicyclic) bond motifs is 4. The highest BCUT2D eigenvalue weighted by atomic mass is 28.3. The van der Waals surface area contributed by atoms with E-state index in [1.165, 1.54) is 14.2 Å². The first kappa shape index (κ1) is 19.8. The number of methoxy groups -OCH3 is 2. The quantitative estimate of drug-likeness (QED) is 0.293. The van der Waals surface area contributed by atoms with Gasteiger partial charge in [0.05, 0.1) is 33.4 Å². The Morgan fingerprint density at radius 2 is 1.59 bits per heavy atom. The van der Waals surface area contributed by atoms with Gasteiger partial charge in [-0.3, -0.25) is 0 Å². The van der Waals surface area contributed by atoms with Crippen LogP contribution in [0, 0.1) is 17.8 Å². The summed E-state index contributed by atoms with van der Waals surface area (Å²) in [5.74, 6) is -0.148. The third-order valence-corrected chi connectivity index (χ3v) is 15.0. The van der Waals surface area contributed by atoms with Crippen LogP contribution in [0.5, 0.6) is 0 Å². The van der Waals surface area contributed by atoms with E-state index < -0.39 is 21.2 Å². The van der Waals surface area contributed by atoms with E-state index in [0.717, 1.165) is 6.42 Å². The predicted octanol–water partition coefficient (Wildman–Crippen LogP) is 3.77. The van der Waals surface area contributed by atoms with E-state index in [4.69, 9.17) is 14.2 Å². The van der Waals surface area contributed by atoms with Crippen molar-refractivity contribution >= 4 is 28.1 Å². The Morgan fingerprint density at radius 3 is 2.10 bits per heavy atom. The van der Waals surface area contributed by atoms with Crippen molar-refractivity contribution < 1.29 is 23.8 Å². The summed E-state index contributed by atoms with van der Waals surface area (Å²) in [5, 5.41) is -0.421. The molecule has 0 amide bonds. The van der Waals surface area contributed by atoms with Gasteiger partial charge in [0.1, 0.15) is 11.2 Å². The molecule has 0 N–H and O–H groups in total. The molecule has 5 nitrogen and oxygen atoms in total. The van der Waals surface area contributed by atoms with Crippen molar-refractivity contribution in [2.75, 3.05) is 14.2 Å². The number of epoxide rings is 1. The first-order valence-electron chi connectivity index (χ1n) is 10.7. The summed E-state index contributed by atoms with van der Waals surface area (Å²) in [6.45, 7) is 14.2. The Kier molecular flexibility index (Phi) is 3.52. The van der Waals surface area contributed by atoms with Crippen LogP contribution in [0.25, 0.3) is 0 Å². The van der Waals surface area contributed by atoms with E-state index >= 15 is 0 Å². The van der Waals surface area contributed by atoms with Crippen molar-refractivity contribution in [3.63, 3.8) is 0 Å². The highest BCUT2D eigenvalue weighted by Gasteiger charge is 3.01. The number of carbonyl (C=O) groups is 2. The van der Waals surface area contributed by atoms with E-state index in [9.17, 15) is 9.59 Å². The normalized spacial score (nSPS) is 46.1. The maximum Gasteiger partial charge on any atom is 0.334 e. The predicted molar refractivity (Wildman–Crippen MR) is 115 cm³/mol. The van der Waals surface area contributed by atoms with E-state index in [0.29, 0.717) is 23.0 Å². The molecule has 158 valence electrons. The molecular weight excluding hydrogens is 400 g/mol. The van der Waals surface area contributed by atoms with Gasteiger partial charge in [0.2, 0.25) is 0 Å². The van der Waals surface area contributed by atoms with Crippen LogP contribution >= 0.6 is 0 Å². The van der Waals surface area contributed by atoms with Gasteiger partial charge in [0, 0.05) is 30.9 Å². The first-order chi connectivity index (χ1) is 13.4. The van der Waals surface area contributed by atoms with Crippen LogP contribution in [0.15, 0.2) is 23.3 Å². The molecule has 1 aliphatic heterocycles. The van der Waals surface area contributed by atoms with E-state index in [1.54, 1.807) is 0 Å². The zero-order valence-electron chi connectivity index (χ0n) is 18.7. The van der Waals surface area contributed by atoms with Crippen molar-refractivity contribution in [1.29, 1.82) is 0 Å². The SMILES string of the molecule is COC(=O)C1=C(C(=O)OC)[C@]2([Si](C)(C)C)[C@H]([Si](C)(C)C)[C@H]1[C@@]13O[C@]12[C@H]1C=C[C@H]3C1. The lowest BCUT2D eigenvalue weighted by Gasteiger charge is -2.53. The number of ether oxygens (including phenoxy) is 3. The fourth-order valence-electron chi connectivity index (χ4n) is 8.56. The fraction of sp³-hybridized carbons (Fsp3) is 0.727. The molecule has 1 saturated heterocycles. The third-order valence-electron chi connectivity index (χ3n) is 8.76. The van der Waals surface area contributed by atoms with E-state index in [2.05, 4.69) is 51.4 Å². The van der Waals surface area contributed by atoms with Crippen LogP contribution < -0.4 is 0 Å². The molecule has 4 bridgehead atoms. The maximum atomic E-state index is 13.4. The molecule has 3 fully saturated rings. The average molecular weight is 433 g/mol. The summed E-state index contributed by atoms with van der Waals surface area (Å²) in [5.41, 5.74) is 0.781. The molecule has 0 radical (unpaired) electrons. The first-order valence-corrected chi connectivity index (χ1v) is 17.8. The summed E-state index contributed by atoms with van der Waals surface area (Å²) in [7, 11) is -1.07. The topological polar surface area (TPSA) is 65.1 Å². The monoisotopic (exact) mass is 432 g/mol. The third kappa shape index (κ3) is 1.69. The summed E-state index contributed by atoms with van der Waals surface area (Å²) < 4.78 is 17.5. The van der Waals surface area contributed by atoms with Gasteiger partial charge in [-0.2, -0.15) is 0 Å². The highest BCUT2D eigenvalue weighted by molar-refractivity contribution is 6.87. The largest absolute Gasteiger partial charge is 0.466 e. The zero-order chi connectivity index (χ0) is 21.4. The van der Waals surface area contributed by atoms with Crippen molar-refractivity contribution in [3.8, 4) is 0 Å². The second kappa shape index (κ2) is 5.17. The van der Waals surface area contributed by atoms with Crippen LogP contribution in [0.3, 0.4) is 0 Å². The Morgan fingerprint density at radius 1 is 1.00 bits per heavy atom. The zero-order valence-corrected chi connectivity index (χ0v) is 20.7. The van der Waals surface area contributed by atoms with Crippen LogP contribution in [0.4, 0.5) is 0 Å². The summed E-state index contributed by atoms with van der Waals surface area (Å²) in [6.07, 6.45) is 5.71. The molecule has 7 atom stereocenters. The molecule has 5 rings (SSSR count). The minimum Gasteiger partial charge on any atom is -0.466 e. The fourth-order valence-corrected chi connectivity index (χ4v) is 17.9. The lowest BCUT2D eigenvalue weighted by Crippen LogP contribution is -2.57. The average Bonchev–Trinajstić information content (AvgIpc) is 2.95. The molecular formula is C22H32O5Si2. The highest BCUT2D eigenvalue weighted by Crippen LogP contribution is 2.96. The minimum absolute atomic E-state index is 0.0672. The Bertz CT molecular complexity index is 909. The number of carbonyl (C=O) groups excluding carboxylic acids is 2. The smallest absolute Gasteiger partial charge is 0.334 e. The molecule has 29 heavy (non-hydrogen) atoms. The van der Waals surface area contributed by atoms with Gasteiger partial charge in [-0.1, -0.05) is 51.4 Å². The van der Waals surface area contributed by atoms with E-state index in [1.807, 2.05) is 0 Å². The van der Waals surface area contributed by atoms with Gasteiger partial charge in [-0.15, -0.1) is 0 Å². The number of esters is 2. The number of rotatable bonds is 4. The molecule has 7 heteroatoms. The Balaban J connectivity index is 1.92. The van der Waals surface area contributed by atoms with Crippen LogP contribution in [-0.2, 0) is 23.8 Å². The summed E-state index contributed by atoms with van der Waals surface area (Å²) in [6, 6.07) is 0. The van der Waals surface area contributed by atoms with Gasteiger partial charge in [0.25, 0.3) is 0 Å². The Labute approximate surface area is 174 Å². The molecule has 0 unspecified atom stereocenters. The van der Waals surface area contributed by atoms with Gasteiger partial charge < -0.3 is 14.2 Å². The van der Waals surface area contributed by atoms with Crippen molar-refractivity contribution in [3.05, 3.63) is 23.3 Å². The second-order valence-electron chi connectivity index (χ2n) is 11.6. The van der Waals surface area contributed by atoms with Gasteiger partial charge >= 0.3 is 11.9 Å². The van der Waals surface area contributed by atoms with Crippen molar-refractivity contribution in [2.45, 2.75) is 67.5 Å². The van der Waals surface area contributed by atoms with Crippen LogP contribution in [-0.4, -0.2) is 53.5 Å². The lowest BCUT2D eigenvalue weighted by molar-refractivity contribution is -0.140. The Hall–Kier alpha value is -1.19. The van der Waals surface area contributed by atoms with Gasteiger partial charge in [-0.25, -0.2) is 9.59 Å². The van der Waals surface area contributed by atoms with Crippen LogP contribution in [0.1, 0.15) is 6.42 Å². The maximum absolute atomic E-state index is 13.4. The molecule has 5 aliphatic rings. The summed E-state index contributed by atoms with van der Waals surface area (Å²) >= 11 is 0. The molecule has 1 heterocycles. The van der Waals surface area contributed by atoms with Crippen molar-refractivity contribution in [2.24, 2.45) is 17.8 Å². The molecule has 0 aromatic rings. The molecule has 2 saturated carbocycles.